The summed E-state index contributed by atoms with van der Waals surface area (Å²) in [5, 5.41) is 5.06. The van der Waals surface area contributed by atoms with E-state index in [1.165, 1.54) is 66.0 Å². The second-order valence-electron chi connectivity index (χ2n) is 15.3. The molecule has 0 aliphatic carbocycles. The van der Waals surface area contributed by atoms with Gasteiger partial charge in [-0.15, -0.1) is 0 Å². The van der Waals surface area contributed by atoms with E-state index in [1.807, 2.05) is 0 Å². The zero-order chi connectivity index (χ0) is 39.8. The lowest BCUT2D eigenvalue weighted by atomic mass is 9.94. The molecule has 11 rings (SSSR count). The van der Waals surface area contributed by atoms with Gasteiger partial charge in [-0.25, -0.2) is 0 Å². The molecular weight excluding hydrogens is 725 g/mol. The first kappa shape index (κ1) is 35.2. The molecule has 0 fully saturated rings. The summed E-state index contributed by atoms with van der Waals surface area (Å²) in [5.41, 5.74) is 16.4. The standard InChI is InChI=1S/C58H40N2/c1-4-15-41(16-5-1)43-29-34-49(35-30-43)59(50-36-31-44(32-37-50)42-17-6-2-7-18-42)51-24-12-22-47(39-51)48-23-13-25-52(40-48)60-55-28-11-10-26-54(55)58-56(60)38-33-46-21-14-27-53(57(46)58)45-19-8-3-9-20-45/h1-40H. The number of hydrogen-bond donors (Lipinski definition) is 0. The molecule has 2 heteroatoms. The highest BCUT2D eigenvalue weighted by molar-refractivity contribution is 6.24. The molecule has 0 aliphatic rings. The minimum absolute atomic E-state index is 1.09. The van der Waals surface area contributed by atoms with Gasteiger partial charge < -0.3 is 9.47 Å². The average molecular weight is 765 g/mol. The summed E-state index contributed by atoms with van der Waals surface area (Å²) in [6, 6.07) is 87.8. The van der Waals surface area contributed by atoms with Crippen molar-refractivity contribution in [3.8, 4) is 50.2 Å². The number of rotatable bonds is 8. The predicted molar refractivity (Wildman–Crippen MR) is 255 cm³/mol. The number of anilines is 3. The number of fused-ring (bicyclic) bond motifs is 5. The first-order valence-corrected chi connectivity index (χ1v) is 20.6. The zero-order valence-corrected chi connectivity index (χ0v) is 33.0. The van der Waals surface area contributed by atoms with Crippen molar-refractivity contribution in [3.05, 3.63) is 243 Å². The van der Waals surface area contributed by atoms with Gasteiger partial charge >= 0.3 is 0 Å². The van der Waals surface area contributed by atoms with Crippen molar-refractivity contribution in [2.45, 2.75) is 0 Å². The molecule has 1 heterocycles. The van der Waals surface area contributed by atoms with Crippen LogP contribution in [-0.2, 0) is 0 Å². The molecule has 0 amide bonds. The minimum atomic E-state index is 1.09. The highest BCUT2D eigenvalue weighted by Gasteiger charge is 2.19. The maximum absolute atomic E-state index is 2.44. The van der Waals surface area contributed by atoms with Gasteiger partial charge in [0.1, 0.15) is 0 Å². The van der Waals surface area contributed by atoms with E-state index in [4.69, 9.17) is 0 Å². The van der Waals surface area contributed by atoms with Crippen LogP contribution in [0.1, 0.15) is 0 Å². The number of aromatic nitrogens is 1. The lowest BCUT2D eigenvalue weighted by Crippen LogP contribution is -2.10. The van der Waals surface area contributed by atoms with E-state index in [2.05, 4.69) is 252 Å². The lowest BCUT2D eigenvalue weighted by molar-refractivity contribution is 1.18. The molecule has 1 aromatic heterocycles. The molecule has 10 aromatic carbocycles. The Bertz CT molecular complexity index is 3190. The number of nitrogens with zero attached hydrogens (tertiary/aromatic N) is 2. The lowest BCUT2D eigenvalue weighted by Gasteiger charge is -2.26. The third-order valence-electron chi connectivity index (χ3n) is 11.8. The van der Waals surface area contributed by atoms with Crippen LogP contribution in [0.15, 0.2) is 243 Å². The molecule has 0 aliphatic heterocycles. The fourth-order valence-electron chi connectivity index (χ4n) is 8.94. The highest BCUT2D eigenvalue weighted by Crippen LogP contribution is 2.42. The van der Waals surface area contributed by atoms with Crippen LogP contribution in [0.2, 0.25) is 0 Å². The van der Waals surface area contributed by atoms with Crippen LogP contribution in [0.5, 0.6) is 0 Å². The molecule has 0 saturated heterocycles. The van der Waals surface area contributed by atoms with Gasteiger partial charge in [-0.1, -0.05) is 182 Å². The van der Waals surface area contributed by atoms with Gasteiger partial charge in [0.05, 0.1) is 11.0 Å². The molecule has 2 nitrogen and oxygen atoms in total. The van der Waals surface area contributed by atoms with Gasteiger partial charge in [-0.2, -0.15) is 0 Å². The Balaban J connectivity index is 1.03. The van der Waals surface area contributed by atoms with Gasteiger partial charge in [0.2, 0.25) is 0 Å². The van der Waals surface area contributed by atoms with E-state index in [0.717, 1.165) is 33.9 Å². The summed E-state index contributed by atoms with van der Waals surface area (Å²) in [5.74, 6) is 0. The van der Waals surface area contributed by atoms with E-state index in [0.29, 0.717) is 0 Å². The van der Waals surface area contributed by atoms with E-state index in [1.54, 1.807) is 0 Å². The SMILES string of the molecule is c1ccc(-c2ccc(N(c3ccc(-c4ccccc4)cc3)c3cccc(-c4cccc(-n5c6ccccc6c6c7c(-c8ccccc8)cccc7ccc65)c4)c3)cc2)cc1. The second kappa shape index (κ2) is 15.1. The molecule has 0 bridgehead atoms. The highest BCUT2D eigenvalue weighted by atomic mass is 15.1. The van der Waals surface area contributed by atoms with Crippen molar-refractivity contribution in [1.82, 2.24) is 4.57 Å². The largest absolute Gasteiger partial charge is 0.310 e. The summed E-state index contributed by atoms with van der Waals surface area (Å²) < 4.78 is 2.44. The van der Waals surface area contributed by atoms with Gasteiger partial charge in [0.25, 0.3) is 0 Å². The molecular formula is C58H40N2. The normalized spacial score (nSPS) is 11.3. The van der Waals surface area contributed by atoms with Crippen molar-refractivity contribution in [3.63, 3.8) is 0 Å². The number of para-hydroxylation sites is 1. The quantitative estimate of drug-likeness (QED) is 0.150. The molecule has 0 radical (unpaired) electrons. The molecule has 11 aromatic rings. The fraction of sp³-hybridized carbons (Fsp3) is 0. The average Bonchev–Trinajstić information content (AvgIpc) is 3.68. The van der Waals surface area contributed by atoms with Crippen molar-refractivity contribution < 1.29 is 0 Å². The van der Waals surface area contributed by atoms with E-state index >= 15 is 0 Å². The van der Waals surface area contributed by atoms with Gasteiger partial charge in [-0.3, -0.25) is 0 Å². The second-order valence-corrected chi connectivity index (χ2v) is 15.3. The first-order valence-electron chi connectivity index (χ1n) is 20.6. The third kappa shape index (κ3) is 6.32. The minimum Gasteiger partial charge on any atom is -0.310 e. The molecule has 0 unspecified atom stereocenters. The summed E-state index contributed by atoms with van der Waals surface area (Å²) in [6.07, 6.45) is 0. The van der Waals surface area contributed by atoms with Crippen LogP contribution < -0.4 is 4.90 Å². The molecule has 0 N–H and O–H groups in total. The summed E-state index contributed by atoms with van der Waals surface area (Å²) in [6.45, 7) is 0. The molecule has 60 heavy (non-hydrogen) atoms. The van der Waals surface area contributed by atoms with Gasteiger partial charge in [0.15, 0.2) is 0 Å². The molecule has 0 atom stereocenters. The number of hydrogen-bond acceptors (Lipinski definition) is 1. The molecule has 0 saturated carbocycles. The Morgan fingerprint density at radius 2 is 0.800 bits per heavy atom. The van der Waals surface area contributed by atoms with Crippen molar-refractivity contribution >= 4 is 49.6 Å². The fourth-order valence-corrected chi connectivity index (χ4v) is 8.94. The van der Waals surface area contributed by atoms with Crippen LogP contribution in [0.4, 0.5) is 17.1 Å². The van der Waals surface area contributed by atoms with Crippen molar-refractivity contribution in [2.75, 3.05) is 4.90 Å². The van der Waals surface area contributed by atoms with Gasteiger partial charge in [-0.05, 0) is 116 Å². The van der Waals surface area contributed by atoms with Crippen LogP contribution in [0.3, 0.4) is 0 Å². The Morgan fingerprint density at radius 1 is 0.283 bits per heavy atom. The van der Waals surface area contributed by atoms with Crippen molar-refractivity contribution in [1.29, 1.82) is 0 Å². The first-order chi connectivity index (χ1) is 29.8. The predicted octanol–water partition coefficient (Wildman–Crippen LogP) is 16.1. The number of benzene rings is 10. The van der Waals surface area contributed by atoms with E-state index in [9.17, 15) is 0 Å². The summed E-state index contributed by atoms with van der Waals surface area (Å²) in [4.78, 5) is 2.36. The Morgan fingerprint density at radius 3 is 1.45 bits per heavy atom. The van der Waals surface area contributed by atoms with Crippen LogP contribution >= 0.6 is 0 Å². The van der Waals surface area contributed by atoms with Crippen molar-refractivity contribution in [2.24, 2.45) is 0 Å². The van der Waals surface area contributed by atoms with Crippen LogP contribution in [0.25, 0.3) is 82.8 Å². The van der Waals surface area contributed by atoms with E-state index < -0.39 is 0 Å². The Hall–Kier alpha value is -7.94. The van der Waals surface area contributed by atoms with Crippen LogP contribution in [-0.4, -0.2) is 4.57 Å². The maximum atomic E-state index is 2.44. The summed E-state index contributed by atoms with van der Waals surface area (Å²) >= 11 is 0. The third-order valence-corrected chi connectivity index (χ3v) is 11.8. The zero-order valence-electron chi connectivity index (χ0n) is 33.0. The van der Waals surface area contributed by atoms with Crippen LogP contribution in [0, 0.1) is 0 Å². The molecule has 0 spiro atoms. The monoisotopic (exact) mass is 764 g/mol. The van der Waals surface area contributed by atoms with Gasteiger partial charge in [0, 0.05) is 33.5 Å². The topological polar surface area (TPSA) is 8.17 Å². The Labute approximate surface area is 350 Å². The van der Waals surface area contributed by atoms with E-state index in [-0.39, 0.29) is 0 Å². The summed E-state index contributed by atoms with van der Waals surface area (Å²) in [7, 11) is 0. The molecule has 282 valence electrons. The smallest absolute Gasteiger partial charge is 0.0547 e. The maximum Gasteiger partial charge on any atom is 0.0547 e. The Kier molecular flexibility index (Phi) is 8.87.